The van der Waals surface area contributed by atoms with E-state index in [2.05, 4.69) is 10.5 Å². The summed E-state index contributed by atoms with van der Waals surface area (Å²) >= 11 is 0. The number of nitrogens with one attached hydrogen (secondary N) is 1. The van der Waals surface area contributed by atoms with Crippen LogP contribution in [0.5, 0.6) is 0 Å². The van der Waals surface area contributed by atoms with Crippen molar-refractivity contribution in [3.63, 3.8) is 0 Å². The number of nitrogens with zero attached hydrogens (tertiary/aromatic N) is 1. The number of hydrazone groups is 1. The van der Waals surface area contributed by atoms with Gasteiger partial charge in [0, 0.05) is 0 Å². The maximum Gasteiger partial charge on any atom is 0.416 e. The van der Waals surface area contributed by atoms with Crippen LogP contribution in [0.2, 0.25) is 0 Å². The van der Waals surface area contributed by atoms with Crippen molar-refractivity contribution in [2.45, 2.75) is 12.6 Å². The molecule has 3 nitrogen and oxygen atoms in total. The van der Waals surface area contributed by atoms with Crippen LogP contribution < -0.4 is 5.43 Å². The van der Waals surface area contributed by atoms with Gasteiger partial charge in [0.1, 0.15) is 5.82 Å². The van der Waals surface area contributed by atoms with E-state index in [0.717, 1.165) is 12.1 Å². The molecule has 1 N–H and O–H groups in total. The predicted octanol–water partition coefficient (Wildman–Crippen LogP) is 3.54. The Morgan fingerprint density at radius 2 is 1.83 bits per heavy atom. The van der Waals surface area contributed by atoms with Gasteiger partial charge in [-0.2, -0.15) is 18.3 Å². The van der Waals surface area contributed by atoms with Crippen LogP contribution in [0, 0.1) is 5.82 Å². The molecule has 0 aliphatic rings. The van der Waals surface area contributed by atoms with Crippen LogP contribution in [-0.4, -0.2) is 12.1 Å². The van der Waals surface area contributed by atoms with Crippen LogP contribution >= 0.6 is 0 Å². The van der Waals surface area contributed by atoms with Gasteiger partial charge in [0.25, 0.3) is 0 Å². The van der Waals surface area contributed by atoms with Gasteiger partial charge in [-0.1, -0.05) is 30.3 Å². The first-order chi connectivity index (χ1) is 10.8. The molecule has 1 amide bonds. The molecule has 0 heterocycles. The zero-order chi connectivity index (χ0) is 16.9. The Kier molecular flexibility index (Phi) is 5.10. The third-order valence-corrected chi connectivity index (χ3v) is 2.89. The van der Waals surface area contributed by atoms with Crippen molar-refractivity contribution in [1.29, 1.82) is 0 Å². The Balaban J connectivity index is 1.93. The highest BCUT2D eigenvalue weighted by atomic mass is 19.4. The molecular formula is C16H12F4N2O. The Hall–Kier alpha value is -2.70. The standard InChI is InChI=1S/C16H12F4N2O/c17-14-6-4-11(5-7-14)10-21-22-15(23)9-12-2-1-3-13(8-12)16(18,19)20/h1-8,10H,9H2,(H,22,23)/b21-10-. The van der Waals surface area contributed by atoms with E-state index >= 15 is 0 Å². The molecule has 0 saturated carbocycles. The number of rotatable bonds is 4. The zero-order valence-electron chi connectivity index (χ0n) is 11.8. The Bertz CT molecular complexity index is 709. The SMILES string of the molecule is O=C(Cc1cccc(C(F)(F)F)c1)N/N=C\c1ccc(F)cc1. The second-order valence-electron chi connectivity index (χ2n) is 4.72. The van der Waals surface area contributed by atoms with Gasteiger partial charge in [0.15, 0.2) is 0 Å². The number of halogens is 4. The minimum Gasteiger partial charge on any atom is -0.273 e. The Morgan fingerprint density at radius 3 is 2.48 bits per heavy atom. The molecule has 0 radical (unpaired) electrons. The number of benzene rings is 2. The molecule has 120 valence electrons. The molecule has 0 spiro atoms. The van der Waals surface area contributed by atoms with E-state index in [9.17, 15) is 22.4 Å². The van der Waals surface area contributed by atoms with Crippen LogP contribution in [0.3, 0.4) is 0 Å². The minimum atomic E-state index is -4.45. The molecule has 0 aromatic heterocycles. The normalized spacial score (nSPS) is 11.7. The number of carbonyl (C=O) groups is 1. The minimum absolute atomic E-state index is 0.231. The highest BCUT2D eigenvalue weighted by Crippen LogP contribution is 2.29. The lowest BCUT2D eigenvalue weighted by molar-refractivity contribution is -0.137. The van der Waals surface area contributed by atoms with Crippen molar-refractivity contribution >= 4 is 12.1 Å². The maximum atomic E-state index is 12.7. The molecule has 0 unspecified atom stereocenters. The number of hydrogen-bond acceptors (Lipinski definition) is 2. The third kappa shape index (κ3) is 5.21. The van der Waals surface area contributed by atoms with E-state index in [1.807, 2.05) is 0 Å². The summed E-state index contributed by atoms with van der Waals surface area (Å²) in [6.07, 6.45) is -3.37. The molecule has 23 heavy (non-hydrogen) atoms. The van der Waals surface area contributed by atoms with Crippen molar-refractivity contribution in [2.75, 3.05) is 0 Å². The van der Waals surface area contributed by atoms with Gasteiger partial charge >= 0.3 is 6.18 Å². The molecule has 0 fully saturated rings. The molecule has 2 aromatic rings. The number of hydrogen-bond donors (Lipinski definition) is 1. The van der Waals surface area contributed by atoms with E-state index in [1.54, 1.807) is 0 Å². The summed E-state index contributed by atoms with van der Waals surface area (Å²) in [6, 6.07) is 9.95. The average Bonchev–Trinajstić information content (AvgIpc) is 2.49. The van der Waals surface area contributed by atoms with Crippen molar-refractivity contribution in [2.24, 2.45) is 5.10 Å². The largest absolute Gasteiger partial charge is 0.416 e. The molecule has 2 rings (SSSR count). The van der Waals surface area contributed by atoms with Crippen LogP contribution in [0.25, 0.3) is 0 Å². The number of carbonyl (C=O) groups excluding carboxylic acids is 1. The molecule has 0 atom stereocenters. The first kappa shape index (κ1) is 16.7. The van der Waals surface area contributed by atoms with Gasteiger partial charge in [-0.15, -0.1) is 0 Å². The predicted molar refractivity (Wildman–Crippen MR) is 77.3 cm³/mol. The van der Waals surface area contributed by atoms with Crippen molar-refractivity contribution < 1.29 is 22.4 Å². The fourth-order valence-corrected chi connectivity index (χ4v) is 1.81. The van der Waals surface area contributed by atoms with Gasteiger partial charge in [-0.25, -0.2) is 9.82 Å². The average molecular weight is 324 g/mol. The van der Waals surface area contributed by atoms with Gasteiger partial charge in [0.05, 0.1) is 18.2 Å². The molecule has 0 aliphatic carbocycles. The smallest absolute Gasteiger partial charge is 0.273 e. The Morgan fingerprint density at radius 1 is 1.13 bits per heavy atom. The summed E-state index contributed by atoms with van der Waals surface area (Å²) in [6.45, 7) is 0. The molecular weight excluding hydrogens is 312 g/mol. The molecule has 0 aliphatic heterocycles. The van der Waals surface area contributed by atoms with Crippen molar-refractivity contribution in [3.05, 3.63) is 71.0 Å². The van der Waals surface area contributed by atoms with Crippen LogP contribution in [0.1, 0.15) is 16.7 Å². The second-order valence-corrected chi connectivity index (χ2v) is 4.72. The van der Waals surface area contributed by atoms with E-state index in [-0.39, 0.29) is 12.0 Å². The summed E-state index contributed by atoms with van der Waals surface area (Å²) in [4.78, 5) is 11.7. The lowest BCUT2D eigenvalue weighted by Gasteiger charge is -2.08. The lowest BCUT2D eigenvalue weighted by atomic mass is 10.1. The topological polar surface area (TPSA) is 41.5 Å². The Labute approximate surface area is 129 Å². The fraction of sp³-hybridized carbons (Fsp3) is 0.125. The van der Waals surface area contributed by atoms with Crippen LogP contribution in [-0.2, 0) is 17.4 Å². The molecule has 0 saturated heterocycles. The van der Waals surface area contributed by atoms with Crippen molar-refractivity contribution in [1.82, 2.24) is 5.43 Å². The summed E-state index contributed by atoms with van der Waals surface area (Å²) in [5, 5.41) is 3.67. The highest BCUT2D eigenvalue weighted by Gasteiger charge is 2.30. The summed E-state index contributed by atoms with van der Waals surface area (Å²) in [5.74, 6) is -0.946. The van der Waals surface area contributed by atoms with E-state index in [4.69, 9.17) is 0 Å². The lowest BCUT2D eigenvalue weighted by Crippen LogP contribution is -2.20. The molecule has 7 heteroatoms. The molecule has 2 aromatic carbocycles. The summed E-state index contributed by atoms with van der Waals surface area (Å²) in [5.41, 5.74) is 2.21. The zero-order valence-corrected chi connectivity index (χ0v) is 11.8. The first-order valence-electron chi connectivity index (χ1n) is 6.58. The number of amides is 1. The highest BCUT2D eigenvalue weighted by molar-refractivity contribution is 5.83. The van der Waals surface area contributed by atoms with E-state index < -0.39 is 23.5 Å². The van der Waals surface area contributed by atoms with Crippen LogP contribution in [0.15, 0.2) is 53.6 Å². The summed E-state index contributed by atoms with van der Waals surface area (Å²) < 4.78 is 50.4. The second kappa shape index (κ2) is 7.04. The summed E-state index contributed by atoms with van der Waals surface area (Å²) in [7, 11) is 0. The number of alkyl halides is 3. The van der Waals surface area contributed by atoms with E-state index in [1.165, 1.54) is 42.6 Å². The van der Waals surface area contributed by atoms with Crippen LogP contribution in [0.4, 0.5) is 17.6 Å². The van der Waals surface area contributed by atoms with Gasteiger partial charge < -0.3 is 0 Å². The van der Waals surface area contributed by atoms with Gasteiger partial charge in [0.2, 0.25) is 5.91 Å². The van der Waals surface area contributed by atoms with Gasteiger partial charge in [-0.05, 0) is 29.3 Å². The third-order valence-electron chi connectivity index (χ3n) is 2.89. The quantitative estimate of drug-likeness (QED) is 0.522. The van der Waals surface area contributed by atoms with Crippen molar-refractivity contribution in [3.8, 4) is 0 Å². The maximum absolute atomic E-state index is 12.7. The molecule has 0 bridgehead atoms. The van der Waals surface area contributed by atoms with Gasteiger partial charge in [-0.3, -0.25) is 4.79 Å². The first-order valence-corrected chi connectivity index (χ1v) is 6.58. The van der Waals surface area contributed by atoms with E-state index in [0.29, 0.717) is 5.56 Å². The fourth-order valence-electron chi connectivity index (χ4n) is 1.81. The monoisotopic (exact) mass is 324 g/mol.